The molecule has 1 saturated carbocycles. The van der Waals surface area contributed by atoms with Gasteiger partial charge in [0.2, 0.25) is 5.89 Å². The molecule has 1 fully saturated rings. The van der Waals surface area contributed by atoms with Crippen molar-refractivity contribution >= 4 is 5.97 Å². The quantitative estimate of drug-likeness (QED) is 0.495. The topological polar surface area (TPSA) is 91.0 Å². The van der Waals surface area contributed by atoms with Gasteiger partial charge in [0.15, 0.2) is 0 Å². The van der Waals surface area contributed by atoms with Crippen molar-refractivity contribution in [1.29, 1.82) is 0 Å². The predicted octanol–water partition coefficient (Wildman–Crippen LogP) is 3.40. The van der Waals surface area contributed by atoms with Crippen LogP contribution in [0.15, 0.2) is 40.8 Å². The average molecular weight is 396 g/mol. The molecule has 2 heterocycles. The molecule has 0 spiro atoms. The summed E-state index contributed by atoms with van der Waals surface area (Å²) in [5.74, 6) is -2.02. The van der Waals surface area contributed by atoms with Gasteiger partial charge in [-0.3, -0.25) is 4.79 Å². The molecule has 0 aliphatic heterocycles. The number of carbonyl (C=O) groups excluding carboxylic acids is 1. The third kappa shape index (κ3) is 2.36. The van der Waals surface area contributed by atoms with Crippen molar-refractivity contribution in [1.82, 2.24) is 20.4 Å². The molecule has 0 unspecified atom stereocenters. The van der Waals surface area contributed by atoms with Crippen molar-refractivity contribution in [2.45, 2.75) is 31.1 Å². The molecule has 2 atom stereocenters. The number of fused-ring (bicyclic) bond motifs is 5. The van der Waals surface area contributed by atoms with Crippen LogP contribution in [0, 0.1) is 18.6 Å². The third-order valence-corrected chi connectivity index (χ3v) is 5.63. The van der Waals surface area contributed by atoms with Crippen LogP contribution in [0.3, 0.4) is 0 Å². The third-order valence-electron chi connectivity index (χ3n) is 5.63. The van der Waals surface area contributed by atoms with Crippen LogP contribution in [-0.2, 0) is 10.2 Å². The summed E-state index contributed by atoms with van der Waals surface area (Å²) in [4.78, 5) is 13.0. The van der Waals surface area contributed by atoms with Gasteiger partial charge in [-0.15, -0.1) is 10.2 Å². The van der Waals surface area contributed by atoms with Gasteiger partial charge in [0.25, 0.3) is 0 Å². The van der Waals surface area contributed by atoms with Crippen LogP contribution < -0.4 is 4.74 Å². The molecule has 0 amide bonds. The highest BCUT2D eigenvalue weighted by Crippen LogP contribution is 2.60. The minimum absolute atomic E-state index is 0.0655. The smallest absolute Gasteiger partial charge is 0.393 e. The highest BCUT2D eigenvalue weighted by atomic mass is 19.1. The number of benzene rings is 1. The summed E-state index contributed by atoms with van der Waals surface area (Å²) in [6.45, 7) is 5.66. The Hall–Kier alpha value is -3.49. The van der Waals surface area contributed by atoms with E-state index in [1.165, 1.54) is 6.07 Å². The minimum atomic E-state index is -1.19. The number of aromatic nitrogens is 4. The van der Waals surface area contributed by atoms with E-state index >= 15 is 0 Å². The largest absolute Gasteiger partial charge is 0.422 e. The maximum atomic E-state index is 14.2. The van der Waals surface area contributed by atoms with Crippen LogP contribution in [0.1, 0.15) is 35.9 Å². The molecule has 1 aromatic carbocycles. The summed E-state index contributed by atoms with van der Waals surface area (Å²) in [7, 11) is 0. The maximum absolute atomic E-state index is 14.2. The first kappa shape index (κ1) is 17.6. The summed E-state index contributed by atoms with van der Waals surface area (Å²) in [6, 6.07) is 5.17. The lowest BCUT2D eigenvalue weighted by molar-refractivity contribution is -0.141. The van der Waals surface area contributed by atoms with Gasteiger partial charge < -0.3 is 9.15 Å². The summed E-state index contributed by atoms with van der Waals surface area (Å²) in [5.41, 5.74) is 0.300. The lowest BCUT2D eigenvalue weighted by Gasteiger charge is -2.24. The molecule has 7 nitrogen and oxygen atoms in total. The van der Waals surface area contributed by atoms with Crippen LogP contribution in [0.25, 0.3) is 11.3 Å². The molecule has 5 rings (SSSR count). The minimum Gasteiger partial charge on any atom is -0.393 e. The van der Waals surface area contributed by atoms with Crippen LogP contribution >= 0.6 is 0 Å². The zero-order valence-electron chi connectivity index (χ0n) is 15.3. The second-order valence-corrected chi connectivity index (χ2v) is 7.13. The van der Waals surface area contributed by atoms with Gasteiger partial charge in [-0.1, -0.05) is 17.7 Å². The lowest BCUT2D eigenvalue weighted by Crippen LogP contribution is -2.38. The van der Waals surface area contributed by atoms with E-state index < -0.39 is 23.0 Å². The van der Waals surface area contributed by atoms with E-state index in [4.69, 9.17) is 9.15 Å². The maximum Gasteiger partial charge on any atom is 0.422 e. The fourth-order valence-corrected chi connectivity index (χ4v) is 4.29. The zero-order valence-corrected chi connectivity index (χ0v) is 15.3. The first-order valence-electron chi connectivity index (χ1n) is 8.96. The van der Waals surface area contributed by atoms with Gasteiger partial charge in [-0.2, -0.15) is 5.10 Å². The summed E-state index contributed by atoms with van der Waals surface area (Å²) in [6.07, 6.45) is 0.816. The van der Waals surface area contributed by atoms with E-state index in [0.717, 1.165) is 12.1 Å². The molecule has 9 heteroatoms. The van der Waals surface area contributed by atoms with Crippen molar-refractivity contribution in [2.24, 2.45) is 0 Å². The Bertz CT molecular complexity index is 1170. The molecule has 29 heavy (non-hydrogen) atoms. The first-order chi connectivity index (χ1) is 13.9. The van der Waals surface area contributed by atoms with Gasteiger partial charge in [-0.05, 0) is 42.2 Å². The van der Waals surface area contributed by atoms with E-state index in [0.29, 0.717) is 29.7 Å². The Morgan fingerprint density at radius 3 is 2.69 bits per heavy atom. The Labute approximate surface area is 163 Å². The van der Waals surface area contributed by atoms with Gasteiger partial charge in [0.1, 0.15) is 17.0 Å². The summed E-state index contributed by atoms with van der Waals surface area (Å²) < 4.78 is 38.8. The van der Waals surface area contributed by atoms with Gasteiger partial charge in [0, 0.05) is 12.8 Å². The van der Waals surface area contributed by atoms with Crippen LogP contribution in [0.5, 0.6) is 6.08 Å². The summed E-state index contributed by atoms with van der Waals surface area (Å²) in [5, 5.41) is 15.5. The number of rotatable bonds is 3. The van der Waals surface area contributed by atoms with Crippen LogP contribution in [0.4, 0.5) is 8.78 Å². The number of aryl methyl sites for hydroxylation is 1. The molecular formula is C20H14F2N4O3. The van der Waals surface area contributed by atoms with E-state index in [9.17, 15) is 13.6 Å². The van der Waals surface area contributed by atoms with Crippen molar-refractivity contribution in [3.8, 4) is 17.3 Å². The summed E-state index contributed by atoms with van der Waals surface area (Å²) >= 11 is 0. The predicted molar refractivity (Wildman–Crippen MR) is 94.8 cm³/mol. The highest BCUT2D eigenvalue weighted by molar-refractivity contribution is 5.92. The molecule has 2 aliphatic rings. The van der Waals surface area contributed by atoms with E-state index in [1.807, 2.05) is 0 Å². The Kier molecular flexibility index (Phi) is 3.64. The second kappa shape index (κ2) is 6.00. The number of hydrogen-bond acceptors (Lipinski definition) is 7. The number of carbonyl (C=O) groups is 1. The van der Waals surface area contributed by atoms with Crippen molar-refractivity contribution in [3.63, 3.8) is 0 Å². The van der Waals surface area contributed by atoms with Crippen LogP contribution in [0.2, 0.25) is 0 Å². The molecule has 3 aromatic rings. The fourth-order valence-electron chi connectivity index (χ4n) is 4.29. The molecule has 0 saturated heterocycles. The number of esters is 1. The molecular weight excluding hydrogens is 382 g/mol. The van der Waals surface area contributed by atoms with Crippen LogP contribution in [-0.4, -0.2) is 26.4 Å². The lowest BCUT2D eigenvalue weighted by atomic mass is 9.81. The van der Waals surface area contributed by atoms with Gasteiger partial charge in [0.05, 0.1) is 17.0 Å². The molecule has 2 aromatic heterocycles. The zero-order chi connectivity index (χ0) is 20.3. The number of halogens is 2. The fraction of sp³-hybridized carbons (Fsp3) is 0.250. The first-order valence-corrected chi connectivity index (χ1v) is 8.96. The molecule has 0 radical (unpaired) electrons. The number of hydrogen-bond donors (Lipinski definition) is 0. The van der Waals surface area contributed by atoms with Gasteiger partial charge >= 0.3 is 12.0 Å². The number of ether oxygens (including phenoxy) is 1. The Balaban J connectivity index is 1.58. The molecule has 2 aliphatic carbocycles. The molecule has 2 bridgehead atoms. The average Bonchev–Trinajstić information content (AvgIpc) is 3.32. The monoisotopic (exact) mass is 396 g/mol. The van der Waals surface area contributed by atoms with Crippen molar-refractivity contribution < 1.29 is 22.7 Å². The normalized spacial score (nSPS) is 22.0. The van der Waals surface area contributed by atoms with E-state index in [1.54, 1.807) is 13.0 Å². The van der Waals surface area contributed by atoms with E-state index in [-0.39, 0.29) is 29.1 Å². The standard InChI is InChI=1S/C20H14F2N4O3/c1-9-11-6-7-20(9,18(27)29-19-26-23-10(2)28-19)17-12(11)8-15(24-25-17)16-13(21)4-3-5-14(16)22/h3-5,8,11H,1,6-7H2,2H3/t11-,20-/m0/s1. The van der Waals surface area contributed by atoms with Gasteiger partial charge in [-0.25, -0.2) is 8.78 Å². The Morgan fingerprint density at radius 1 is 1.24 bits per heavy atom. The number of nitrogens with zero attached hydrogens (tertiary/aromatic N) is 4. The SMILES string of the molecule is C=C1[C@@H]2CC[C@@]1(C(=O)Oc1nnc(C)o1)c1nnc(-c3c(F)cccc3F)cc12. The van der Waals surface area contributed by atoms with Crippen molar-refractivity contribution in [2.75, 3.05) is 0 Å². The highest BCUT2D eigenvalue weighted by Gasteiger charge is 2.60. The molecule has 146 valence electrons. The van der Waals surface area contributed by atoms with E-state index in [2.05, 4.69) is 27.0 Å². The van der Waals surface area contributed by atoms with Crippen molar-refractivity contribution in [3.05, 3.63) is 65.2 Å². The molecule has 0 N–H and O–H groups in total. The second-order valence-electron chi connectivity index (χ2n) is 7.13. The Morgan fingerprint density at radius 2 is 2.00 bits per heavy atom.